The molecule has 0 aromatic carbocycles. The number of carbonyl (C=O) groups is 1. The summed E-state index contributed by atoms with van der Waals surface area (Å²) >= 11 is 0. The molecule has 11 heteroatoms. The summed E-state index contributed by atoms with van der Waals surface area (Å²) < 4.78 is 8.46. The van der Waals surface area contributed by atoms with Gasteiger partial charge in [-0.2, -0.15) is 9.61 Å². The number of ether oxygens (including phenoxy) is 1. The molecule has 0 saturated heterocycles. The van der Waals surface area contributed by atoms with Gasteiger partial charge in [0, 0.05) is 26.4 Å². The van der Waals surface area contributed by atoms with Crippen LogP contribution in [0.3, 0.4) is 0 Å². The van der Waals surface area contributed by atoms with Gasteiger partial charge in [0.1, 0.15) is 22.9 Å². The molecular formula is C22H27N7O4. The van der Waals surface area contributed by atoms with Crippen molar-refractivity contribution in [2.45, 2.75) is 50.0 Å². The molecular weight excluding hydrogens is 426 g/mol. The normalized spacial score (nSPS) is 24.1. The van der Waals surface area contributed by atoms with Crippen molar-refractivity contribution >= 4 is 28.9 Å². The molecule has 1 unspecified atom stereocenters. The van der Waals surface area contributed by atoms with E-state index in [0.717, 1.165) is 19.3 Å². The Hall–Kier alpha value is -3.44. The molecule has 3 aromatic heterocycles. The van der Waals surface area contributed by atoms with Gasteiger partial charge in [0.15, 0.2) is 5.65 Å². The van der Waals surface area contributed by atoms with Crippen molar-refractivity contribution in [1.82, 2.24) is 24.5 Å². The molecule has 33 heavy (non-hydrogen) atoms. The third-order valence-corrected chi connectivity index (χ3v) is 6.60. The number of aliphatic hydroxyl groups is 1. The van der Waals surface area contributed by atoms with Gasteiger partial charge in [-0.1, -0.05) is 0 Å². The summed E-state index contributed by atoms with van der Waals surface area (Å²) in [6.45, 7) is 0. The van der Waals surface area contributed by atoms with Gasteiger partial charge in [-0.05, 0) is 37.8 Å². The number of anilines is 3. The number of rotatable bonds is 7. The van der Waals surface area contributed by atoms with Crippen molar-refractivity contribution < 1.29 is 14.6 Å². The summed E-state index contributed by atoms with van der Waals surface area (Å²) in [5.41, 5.74) is 0.787. The lowest BCUT2D eigenvalue weighted by Gasteiger charge is -2.35. The second-order valence-corrected chi connectivity index (χ2v) is 8.47. The Morgan fingerprint density at radius 1 is 1.27 bits per heavy atom. The van der Waals surface area contributed by atoms with E-state index in [1.165, 1.54) is 6.20 Å². The second-order valence-electron chi connectivity index (χ2n) is 8.47. The maximum Gasteiger partial charge on any atom is 0.274 e. The molecule has 0 radical (unpaired) electrons. The van der Waals surface area contributed by atoms with Gasteiger partial charge in [-0.25, -0.2) is 4.98 Å². The SMILES string of the molecule is CNc1cc(Nc2cccn([C@H]3CC[C@H]3O)c2=O)nc2c(C(=O)NC3CC[C@H]3OC)cnn12. The van der Waals surface area contributed by atoms with Crippen LogP contribution < -0.4 is 21.5 Å². The molecule has 11 nitrogen and oxygen atoms in total. The van der Waals surface area contributed by atoms with E-state index >= 15 is 0 Å². The van der Waals surface area contributed by atoms with E-state index in [1.807, 2.05) is 0 Å². The van der Waals surface area contributed by atoms with Gasteiger partial charge in [0.25, 0.3) is 11.5 Å². The van der Waals surface area contributed by atoms with Gasteiger partial charge < -0.3 is 30.4 Å². The Morgan fingerprint density at radius 3 is 2.76 bits per heavy atom. The third kappa shape index (κ3) is 3.72. The number of amides is 1. The molecule has 5 rings (SSSR count). The topological polar surface area (TPSA) is 135 Å². The minimum Gasteiger partial charge on any atom is -0.391 e. The quantitative estimate of drug-likeness (QED) is 0.420. The summed E-state index contributed by atoms with van der Waals surface area (Å²) in [6.07, 6.45) is 5.90. The van der Waals surface area contributed by atoms with E-state index in [2.05, 4.69) is 26.0 Å². The van der Waals surface area contributed by atoms with Crippen molar-refractivity contribution in [2.75, 3.05) is 24.8 Å². The van der Waals surface area contributed by atoms with Crippen molar-refractivity contribution in [1.29, 1.82) is 0 Å². The molecule has 1 amide bonds. The number of hydrogen-bond donors (Lipinski definition) is 4. The largest absolute Gasteiger partial charge is 0.391 e. The number of aliphatic hydroxyl groups excluding tert-OH is 1. The highest BCUT2D eigenvalue weighted by Crippen LogP contribution is 2.31. The van der Waals surface area contributed by atoms with E-state index in [0.29, 0.717) is 35.0 Å². The van der Waals surface area contributed by atoms with Crippen LogP contribution in [0.25, 0.3) is 5.65 Å². The number of pyridine rings is 1. The fourth-order valence-corrected chi connectivity index (χ4v) is 4.32. The van der Waals surface area contributed by atoms with Gasteiger partial charge in [-0.3, -0.25) is 9.59 Å². The Balaban J connectivity index is 1.46. The standard InChI is InChI=1S/C22H27N7O4/c1-23-19-10-18(25-14-4-3-9-28(22(14)32)15-6-7-16(15)30)27-20-12(11-24-29(19)20)21(31)26-13-5-8-17(13)33-2/h3-4,9-11,13,15-17,23,30H,5-8H2,1-2H3,(H,25,27)(H,26,31)/t13?,15-,16+,17+/m0/s1. The number of nitrogens with one attached hydrogen (secondary N) is 3. The highest BCUT2D eigenvalue weighted by Gasteiger charge is 2.33. The Kier molecular flexibility index (Phi) is 5.51. The zero-order valence-corrected chi connectivity index (χ0v) is 18.5. The van der Waals surface area contributed by atoms with Crippen LogP contribution in [0.1, 0.15) is 42.1 Å². The Labute approximate surface area is 189 Å². The number of aromatic nitrogens is 4. The first kappa shape index (κ1) is 21.4. The minimum absolute atomic E-state index is 0.0169. The van der Waals surface area contributed by atoms with E-state index in [9.17, 15) is 14.7 Å². The molecule has 2 aliphatic rings. The predicted octanol–water partition coefficient (Wildman–Crippen LogP) is 1.28. The molecule has 4 atom stereocenters. The van der Waals surface area contributed by atoms with Gasteiger partial charge in [0.05, 0.1) is 30.5 Å². The van der Waals surface area contributed by atoms with Crippen LogP contribution in [-0.2, 0) is 4.74 Å². The molecule has 0 aliphatic heterocycles. The second kappa shape index (κ2) is 8.49. The molecule has 174 valence electrons. The van der Waals surface area contributed by atoms with Crippen LogP contribution in [0.5, 0.6) is 0 Å². The number of nitrogens with zero attached hydrogens (tertiary/aromatic N) is 4. The first-order chi connectivity index (χ1) is 16.0. The summed E-state index contributed by atoms with van der Waals surface area (Å²) in [5, 5.41) is 23.4. The molecule has 2 saturated carbocycles. The molecule has 0 spiro atoms. The molecule has 2 fully saturated rings. The number of methoxy groups -OCH3 is 1. The van der Waals surface area contributed by atoms with Crippen molar-refractivity contribution in [3.8, 4) is 0 Å². The molecule has 3 heterocycles. The molecule has 2 aliphatic carbocycles. The Bertz CT molecular complexity index is 1250. The van der Waals surface area contributed by atoms with Gasteiger partial charge in [-0.15, -0.1) is 0 Å². The molecule has 0 bridgehead atoms. The van der Waals surface area contributed by atoms with Crippen molar-refractivity contribution in [3.63, 3.8) is 0 Å². The fourth-order valence-electron chi connectivity index (χ4n) is 4.32. The zero-order valence-electron chi connectivity index (χ0n) is 18.5. The van der Waals surface area contributed by atoms with E-state index in [1.54, 1.807) is 47.6 Å². The summed E-state index contributed by atoms with van der Waals surface area (Å²) in [7, 11) is 3.38. The lowest BCUT2D eigenvalue weighted by atomic mass is 9.89. The average molecular weight is 454 g/mol. The lowest BCUT2D eigenvalue weighted by molar-refractivity contribution is 0.00732. The number of carbonyl (C=O) groups excluding carboxylic acids is 1. The molecule has 4 N–H and O–H groups in total. The average Bonchev–Trinajstić information content (AvgIpc) is 3.22. The van der Waals surface area contributed by atoms with E-state index < -0.39 is 6.10 Å². The van der Waals surface area contributed by atoms with Crippen LogP contribution in [0, 0.1) is 0 Å². The maximum absolute atomic E-state index is 13.0. The van der Waals surface area contributed by atoms with Crippen LogP contribution >= 0.6 is 0 Å². The van der Waals surface area contributed by atoms with Crippen molar-refractivity contribution in [3.05, 3.63) is 46.5 Å². The van der Waals surface area contributed by atoms with Crippen molar-refractivity contribution in [2.24, 2.45) is 0 Å². The first-order valence-corrected chi connectivity index (χ1v) is 11.1. The van der Waals surface area contributed by atoms with Crippen LogP contribution in [0.4, 0.5) is 17.3 Å². The summed E-state index contributed by atoms with van der Waals surface area (Å²) in [6, 6.07) is 4.89. The zero-order chi connectivity index (χ0) is 23.1. The van der Waals surface area contributed by atoms with E-state index in [4.69, 9.17) is 4.74 Å². The fraction of sp³-hybridized carbons (Fsp3) is 0.455. The number of hydrogen-bond acceptors (Lipinski definition) is 8. The van der Waals surface area contributed by atoms with Crippen LogP contribution in [0.15, 0.2) is 35.4 Å². The number of fused-ring (bicyclic) bond motifs is 1. The van der Waals surface area contributed by atoms with Gasteiger partial charge in [0.2, 0.25) is 0 Å². The van der Waals surface area contributed by atoms with Crippen LogP contribution in [-0.4, -0.2) is 62.6 Å². The highest BCUT2D eigenvalue weighted by atomic mass is 16.5. The summed E-state index contributed by atoms with van der Waals surface area (Å²) in [5.74, 6) is 0.721. The monoisotopic (exact) mass is 453 g/mol. The smallest absolute Gasteiger partial charge is 0.274 e. The lowest BCUT2D eigenvalue weighted by Crippen LogP contribution is -2.51. The van der Waals surface area contributed by atoms with Gasteiger partial charge >= 0.3 is 0 Å². The predicted molar refractivity (Wildman–Crippen MR) is 122 cm³/mol. The maximum atomic E-state index is 13.0. The molecule has 3 aromatic rings. The summed E-state index contributed by atoms with van der Waals surface area (Å²) in [4.78, 5) is 30.5. The third-order valence-electron chi connectivity index (χ3n) is 6.60. The van der Waals surface area contributed by atoms with E-state index in [-0.39, 0.29) is 29.7 Å². The first-order valence-electron chi connectivity index (χ1n) is 11.1. The highest BCUT2D eigenvalue weighted by molar-refractivity contribution is 6.00. The minimum atomic E-state index is -0.510. The Morgan fingerprint density at radius 2 is 2.12 bits per heavy atom. The van der Waals surface area contributed by atoms with Crippen LogP contribution in [0.2, 0.25) is 0 Å².